The highest BCUT2D eigenvalue weighted by molar-refractivity contribution is 7.89. The van der Waals surface area contributed by atoms with Crippen LogP contribution < -0.4 is 10.6 Å². The van der Waals surface area contributed by atoms with Gasteiger partial charge in [0.1, 0.15) is 5.58 Å². The fourth-order valence-corrected chi connectivity index (χ4v) is 6.82. The molecule has 9 heteroatoms. The Balaban J connectivity index is 1.24. The van der Waals surface area contributed by atoms with E-state index in [4.69, 9.17) is 4.42 Å². The van der Waals surface area contributed by atoms with Crippen molar-refractivity contribution in [3.63, 3.8) is 0 Å². The Labute approximate surface area is 204 Å². The van der Waals surface area contributed by atoms with Gasteiger partial charge in [-0.2, -0.15) is 4.31 Å². The summed E-state index contributed by atoms with van der Waals surface area (Å²) in [6, 6.07) is 13.7. The first-order valence-electron chi connectivity index (χ1n) is 11.6. The minimum absolute atomic E-state index is 0.0682. The lowest BCUT2D eigenvalue weighted by molar-refractivity contribution is -0.117. The van der Waals surface area contributed by atoms with Crippen LogP contribution in [-0.4, -0.2) is 43.7 Å². The van der Waals surface area contributed by atoms with Gasteiger partial charge >= 0.3 is 0 Å². The first-order valence-corrected chi connectivity index (χ1v) is 13.0. The number of hydrogen-bond acceptors (Lipinski definition) is 5. The van der Waals surface area contributed by atoms with Crippen molar-refractivity contribution in [3.05, 3.63) is 72.5 Å². The van der Waals surface area contributed by atoms with Crippen LogP contribution in [0, 0.1) is 18.8 Å². The van der Waals surface area contributed by atoms with Crippen molar-refractivity contribution < 1.29 is 22.4 Å². The number of para-hydroxylation sites is 1. The zero-order valence-electron chi connectivity index (χ0n) is 19.4. The van der Waals surface area contributed by atoms with Crippen LogP contribution in [0.15, 0.2) is 70.5 Å². The van der Waals surface area contributed by atoms with Gasteiger partial charge in [-0.1, -0.05) is 24.8 Å². The van der Waals surface area contributed by atoms with Gasteiger partial charge in [0.05, 0.1) is 4.90 Å². The van der Waals surface area contributed by atoms with Crippen LogP contribution in [-0.2, 0) is 14.8 Å². The first-order chi connectivity index (χ1) is 16.8. The molecule has 2 aliphatic rings. The van der Waals surface area contributed by atoms with E-state index in [0.717, 1.165) is 23.8 Å². The number of rotatable bonds is 6. The fourth-order valence-electron chi connectivity index (χ4n) is 5.27. The minimum Gasteiger partial charge on any atom is -0.451 e. The van der Waals surface area contributed by atoms with Gasteiger partial charge in [0, 0.05) is 35.8 Å². The molecule has 3 aromatic rings. The Kier molecular flexibility index (Phi) is 5.98. The number of hydrogen-bond donors (Lipinski definition) is 2. The number of benzene rings is 2. The molecule has 1 aliphatic heterocycles. The van der Waals surface area contributed by atoms with Gasteiger partial charge in [0.15, 0.2) is 5.76 Å². The third-order valence-corrected chi connectivity index (χ3v) is 8.89. The molecule has 2 amide bonds. The molecular formula is C26H27N3O5S. The molecule has 2 heterocycles. The van der Waals surface area contributed by atoms with E-state index in [2.05, 4.69) is 17.2 Å². The maximum atomic E-state index is 13.2. The largest absolute Gasteiger partial charge is 0.451 e. The molecule has 2 fully saturated rings. The SMILES string of the molecule is C=CC(=O)NC1CC2CN(S(=O)(=O)c3ccc(NC(=O)c4oc5ccccc5c4C)cc3)CC2C1. The van der Waals surface area contributed by atoms with Crippen molar-refractivity contribution in [3.8, 4) is 0 Å². The number of fused-ring (bicyclic) bond motifs is 2. The molecule has 2 atom stereocenters. The fraction of sp³-hybridized carbons (Fsp3) is 0.308. The van der Waals surface area contributed by atoms with Gasteiger partial charge in [0.2, 0.25) is 15.9 Å². The van der Waals surface area contributed by atoms with Crippen LogP contribution in [0.3, 0.4) is 0 Å². The average molecular weight is 494 g/mol. The molecule has 35 heavy (non-hydrogen) atoms. The van der Waals surface area contributed by atoms with Crippen molar-refractivity contribution in [1.29, 1.82) is 0 Å². The summed E-state index contributed by atoms with van der Waals surface area (Å²) in [7, 11) is -3.65. The second-order valence-electron chi connectivity index (χ2n) is 9.25. The maximum Gasteiger partial charge on any atom is 0.291 e. The number of carbonyl (C=O) groups is 2. The summed E-state index contributed by atoms with van der Waals surface area (Å²) in [4.78, 5) is 24.5. The van der Waals surface area contributed by atoms with Crippen molar-refractivity contribution in [2.45, 2.75) is 30.7 Å². The molecule has 0 radical (unpaired) electrons. The molecule has 8 nitrogen and oxygen atoms in total. The molecule has 1 saturated carbocycles. The number of nitrogens with one attached hydrogen (secondary N) is 2. The lowest BCUT2D eigenvalue weighted by Crippen LogP contribution is -2.35. The Morgan fingerprint density at radius 1 is 1.06 bits per heavy atom. The number of carbonyl (C=O) groups excluding carboxylic acids is 2. The van der Waals surface area contributed by atoms with Gasteiger partial charge in [0.25, 0.3) is 5.91 Å². The molecule has 5 rings (SSSR count). The Bertz CT molecular complexity index is 1400. The van der Waals surface area contributed by atoms with Crippen LogP contribution in [0.25, 0.3) is 11.0 Å². The summed E-state index contributed by atoms with van der Waals surface area (Å²) in [5.74, 6) is 0.104. The van der Waals surface area contributed by atoms with Crippen molar-refractivity contribution in [2.75, 3.05) is 18.4 Å². The van der Waals surface area contributed by atoms with Gasteiger partial charge in [-0.3, -0.25) is 9.59 Å². The summed E-state index contributed by atoms with van der Waals surface area (Å²) < 4.78 is 33.7. The Morgan fingerprint density at radius 3 is 2.34 bits per heavy atom. The van der Waals surface area contributed by atoms with Crippen LogP contribution in [0.1, 0.15) is 29.0 Å². The highest BCUT2D eigenvalue weighted by Gasteiger charge is 2.45. The second-order valence-corrected chi connectivity index (χ2v) is 11.2. The van der Waals surface area contributed by atoms with E-state index < -0.39 is 10.0 Å². The molecule has 182 valence electrons. The minimum atomic E-state index is -3.65. The molecule has 0 bridgehead atoms. The number of sulfonamides is 1. The van der Waals surface area contributed by atoms with Crippen molar-refractivity contribution in [1.82, 2.24) is 9.62 Å². The first kappa shape index (κ1) is 23.3. The number of amides is 2. The molecule has 1 aliphatic carbocycles. The molecule has 1 saturated heterocycles. The van der Waals surface area contributed by atoms with E-state index in [0.29, 0.717) is 24.4 Å². The van der Waals surface area contributed by atoms with E-state index >= 15 is 0 Å². The van der Waals surface area contributed by atoms with E-state index in [1.807, 2.05) is 31.2 Å². The highest BCUT2D eigenvalue weighted by atomic mass is 32.2. The topological polar surface area (TPSA) is 109 Å². The summed E-state index contributed by atoms with van der Waals surface area (Å²) >= 11 is 0. The standard InChI is InChI=1S/C26H27N3O5S/c1-3-24(30)27-20-12-17-14-29(15-18(17)13-20)35(32,33)21-10-8-19(9-11-21)28-26(31)25-16(2)22-6-4-5-7-23(22)34-25/h3-11,17-18,20H,1,12-15H2,2H3,(H,27,30)(H,28,31). The molecule has 2 aromatic carbocycles. The summed E-state index contributed by atoms with van der Waals surface area (Å²) in [5.41, 5.74) is 1.87. The molecule has 1 aromatic heterocycles. The Hall–Kier alpha value is -3.43. The normalized spacial score (nSPS) is 22.1. The van der Waals surface area contributed by atoms with E-state index in [1.165, 1.54) is 22.5 Å². The summed E-state index contributed by atoms with van der Waals surface area (Å²) in [6.45, 7) is 6.19. The summed E-state index contributed by atoms with van der Waals surface area (Å²) in [6.07, 6.45) is 2.79. The van der Waals surface area contributed by atoms with E-state index in [1.54, 1.807) is 12.1 Å². The number of anilines is 1. The Morgan fingerprint density at radius 2 is 1.71 bits per heavy atom. The maximum absolute atomic E-state index is 13.2. The van der Waals surface area contributed by atoms with Crippen molar-refractivity contribution in [2.24, 2.45) is 11.8 Å². The lowest BCUT2D eigenvalue weighted by Gasteiger charge is -2.19. The summed E-state index contributed by atoms with van der Waals surface area (Å²) in [5, 5.41) is 6.58. The monoisotopic (exact) mass is 493 g/mol. The van der Waals surface area contributed by atoms with Gasteiger partial charge < -0.3 is 15.1 Å². The second kappa shape index (κ2) is 8.98. The lowest BCUT2D eigenvalue weighted by atomic mass is 10.0. The molecule has 2 N–H and O–H groups in total. The zero-order valence-corrected chi connectivity index (χ0v) is 20.2. The van der Waals surface area contributed by atoms with Crippen LogP contribution in [0.4, 0.5) is 5.69 Å². The third-order valence-electron chi connectivity index (χ3n) is 7.05. The van der Waals surface area contributed by atoms with Gasteiger partial charge in [-0.15, -0.1) is 0 Å². The highest BCUT2D eigenvalue weighted by Crippen LogP contribution is 2.40. The smallest absolute Gasteiger partial charge is 0.291 e. The number of furan rings is 1. The van der Waals surface area contributed by atoms with Crippen LogP contribution in [0.5, 0.6) is 0 Å². The predicted molar refractivity (Wildman–Crippen MR) is 132 cm³/mol. The van der Waals surface area contributed by atoms with E-state index in [9.17, 15) is 18.0 Å². The quantitative estimate of drug-likeness (QED) is 0.509. The molecule has 0 spiro atoms. The van der Waals surface area contributed by atoms with Crippen LogP contribution in [0.2, 0.25) is 0 Å². The van der Waals surface area contributed by atoms with Gasteiger partial charge in [-0.05, 0) is 68.0 Å². The van der Waals surface area contributed by atoms with Crippen LogP contribution >= 0.6 is 0 Å². The number of nitrogens with zero attached hydrogens (tertiary/aromatic N) is 1. The van der Waals surface area contributed by atoms with Crippen molar-refractivity contribution >= 4 is 38.5 Å². The number of aryl methyl sites for hydroxylation is 1. The zero-order chi connectivity index (χ0) is 24.7. The molecule has 2 unspecified atom stereocenters. The average Bonchev–Trinajstić information content (AvgIpc) is 3.51. The van der Waals surface area contributed by atoms with Gasteiger partial charge in [-0.25, -0.2) is 8.42 Å². The predicted octanol–water partition coefficient (Wildman–Crippen LogP) is 3.69. The third kappa shape index (κ3) is 4.37. The van der Waals surface area contributed by atoms with E-state index in [-0.39, 0.29) is 40.3 Å². The molecular weight excluding hydrogens is 466 g/mol.